The third-order valence-corrected chi connectivity index (χ3v) is 0.796. The molecule has 1 atom stereocenters. The fourth-order valence-electron chi connectivity index (χ4n) is 0.284. The zero-order valence-electron chi connectivity index (χ0n) is 5.65. The molecule has 1 unspecified atom stereocenters. The fourth-order valence-corrected chi connectivity index (χ4v) is 0.284. The first kappa shape index (κ1) is 8.97. The fraction of sp³-hybridized carbons (Fsp3) is 0.500. The minimum absolute atomic E-state index is 0.434. The number of aliphatic carboxylic acids is 1. The van der Waals surface area contributed by atoms with Gasteiger partial charge in [0.25, 0.3) is 0 Å². The van der Waals surface area contributed by atoms with Crippen LogP contribution in [0.25, 0.3) is 0 Å². The van der Waals surface area contributed by atoms with Crippen LogP contribution in [0, 0.1) is 0 Å². The van der Waals surface area contributed by atoms with Crippen LogP contribution in [-0.4, -0.2) is 22.5 Å². The van der Waals surface area contributed by atoms with Crippen LogP contribution in [0.4, 0.5) is 0 Å². The maximum atomic E-state index is 9.82. The van der Waals surface area contributed by atoms with Gasteiger partial charge in [0.2, 0.25) is 0 Å². The Morgan fingerprint density at radius 1 is 1.80 bits per heavy atom. The molecule has 0 amide bonds. The molecule has 0 aromatic carbocycles. The van der Waals surface area contributed by atoms with Gasteiger partial charge in [0.05, 0.1) is 12.3 Å². The van der Waals surface area contributed by atoms with E-state index in [1.54, 1.807) is 6.92 Å². The summed E-state index contributed by atoms with van der Waals surface area (Å²) < 4.78 is 4.50. The smallest absolute Gasteiger partial charge is 0.331 e. The van der Waals surface area contributed by atoms with E-state index >= 15 is 0 Å². The molecule has 0 aromatic rings. The van der Waals surface area contributed by atoms with Gasteiger partial charge in [0.15, 0.2) is 6.29 Å². The summed E-state index contributed by atoms with van der Waals surface area (Å²) in [5.41, 5.74) is 0. The average molecular weight is 146 g/mol. The van der Waals surface area contributed by atoms with Crippen molar-refractivity contribution in [1.82, 2.24) is 0 Å². The molecule has 4 heteroatoms. The molecule has 0 aliphatic rings. The lowest BCUT2D eigenvalue weighted by molar-refractivity contribution is -0.131. The highest BCUT2D eigenvalue weighted by atomic mass is 16.6. The van der Waals surface area contributed by atoms with Gasteiger partial charge in [-0.15, -0.1) is 0 Å². The minimum atomic E-state index is -1.09. The Hall–Kier alpha value is -1.03. The van der Waals surface area contributed by atoms with Gasteiger partial charge in [0.1, 0.15) is 0 Å². The first-order chi connectivity index (χ1) is 4.66. The first-order valence-corrected chi connectivity index (χ1v) is 2.89. The van der Waals surface area contributed by atoms with E-state index in [-0.39, 0.29) is 0 Å². The Morgan fingerprint density at radius 3 is 2.80 bits per heavy atom. The molecule has 2 N–H and O–H groups in total. The number of carboxylic acid groups (broad SMARTS) is 1. The Labute approximate surface area is 58.7 Å². The SMILES string of the molecule is CCC(O)OC=CC(=O)O. The van der Waals surface area contributed by atoms with Crippen LogP contribution >= 0.6 is 0 Å². The number of aliphatic hydroxyl groups excluding tert-OH is 1. The summed E-state index contributed by atoms with van der Waals surface area (Å²) in [6.45, 7) is 1.72. The van der Waals surface area contributed by atoms with Gasteiger partial charge in [-0.05, 0) is 0 Å². The molecule has 0 rings (SSSR count). The molecule has 10 heavy (non-hydrogen) atoms. The van der Waals surface area contributed by atoms with Crippen LogP contribution in [0.2, 0.25) is 0 Å². The minimum Gasteiger partial charge on any atom is -0.478 e. The van der Waals surface area contributed by atoms with Crippen molar-refractivity contribution in [2.75, 3.05) is 0 Å². The van der Waals surface area contributed by atoms with E-state index in [4.69, 9.17) is 10.2 Å². The summed E-state index contributed by atoms with van der Waals surface area (Å²) in [4.78, 5) is 9.82. The molecule has 0 radical (unpaired) electrons. The van der Waals surface area contributed by atoms with Crippen LogP contribution in [0.15, 0.2) is 12.3 Å². The van der Waals surface area contributed by atoms with E-state index < -0.39 is 12.3 Å². The average Bonchev–Trinajstić information content (AvgIpc) is 1.87. The highest BCUT2D eigenvalue weighted by Gasteiger charge is 1.95. The third-order valence-electron chi connectivity index (χ3n) is 0.796. The van der Waals surface area contributed by atoms with Gasteiger partial charge < -0.3 is 14.9 Å². The molecule has 0 heterocycles. The second-order valence-corrected chi connectivity index (χ2v) is 1.64. The number of hydrogen-bond donors (Lipinski definition) is 2. The van der Waals surface area contributed by atoms with Crippen molar-refractivity contribution in [1.29, 1.82) is 0 Å². The summed E-state index contributed by atoms with van der Waals surface area (Å²) in [5, 5.41) is 16.8. The van der Waals surface area contributed by atoms with Gasteiger partial charge in [0, 0.05) is 6.42 Å². The van der Waals surface area contributed by atoms with Crippen molar-refractivity contribution in [2.45, 2.75) is 19.6 Å². The molecule has 4 nitrogen and oxygen atoms in total. The Morgan fingerprint density at radius 2 is 2.40 bits per heavy atom. The Bertz CT molecular complexity index is 130. The van der Waals surface area contributed by atoms with E-state index in [0.29, 0.717) is 6.42 Å². The first-order valence-electron chi connectivity index (χ1n) is 2.89. The van der Waals surface area contributed by atoms with E-state index in [1.165, 1.54) is 0 Å². The molecule has 0 aliphatic carbocycles. The Kier molecular flexibility index (Phi) is 4.32. The monoisotopic (exact) mass is 146 g/mol. The third kappa shape index (κ3) is 5.11. The zero-order chi connectivity index (χ0) is 7.98. The van der Waals surface area contributed by atoms with E-state index in [9.17, 15) is 4.79 Å². The number of hydrogen-bond acceptors (Lipinski definition) is 3. The van der Waals surface area contributed by atoms with Crippen molar-refractivity contribution < 1.29 is 19.7 Å². The molecule has 0 fully saturated rings. The van der Waals surface area contributed by atoms with Crippen molar-refractivity contribution in [3.05, 3.63) is 12.3 Å². The number of aliphatic hydroxyl groups is 1. The highest BCUT2D eigenvalue weighted by Crippen LogP contribution is 1.92. The lowest BCUT2D eigenvalue weighted by Crippen LogP contribution is -2.05. The maximum absolute atomic E-state index is 9.82. The van der Waals surface area contributed by atoms with Gasteiger partial charge in [-0.25, -0.2) is 4.79 Å². The topological polar surface area (TPSA) is 66.8 Å². The molecule has 0 aromatic heterocycles. The second kappa shape index (κ2) is 4.81. The van der Waals surface area contributed by atoms with Crippen LogP contribution < -0.4 is 0 Å². The largest absolute Gasteiger partial charge is 0.478 e. The van der Waals surface area contributed by atoms with Crippen LogP contribution in [0.5, 0.6) is 0 Å². The lowest BCUT2D eigenvalue weighted by atomic mass is 10.5. The lowest BCUT2D eigenvalue weighted by Gasteiger charge is -2.04. The van der Waals surface area contributed by atoms with Gasteiger partial charge in [-0.3, -0.25) is 0 Å². The predicted octanol–water partition coefficient (Wildman–Crippen LogP) is 0.330. The number of rotatable bonds is 4. The summed E-state index contributed by atoms with van der Waals surface area (Å²) >= 11 is 0. The van der Waals surface area contributed by atoms with Crippen molar-refractivity contribution in [3.8, 4) is 0 Å². The van der Waals surface area contributed by atoms with Crippen molar-refractivity contribution in [2.24, 2.45) is 0 Å². The maximum Gasteiger partial charge on any atom is 0.331 e. The predicted molar refractivity (Wildman–Crippen MR) is 34.2 cm³/mol. The van der Waals surface area contributed by atoms with Gasteiger partial charge in [-0.2, -0.15) is 0 Å². The van der Waals surface area contributed by atoms with Crippen LogP contribution in [0.1, 0.15) is 13.3 Å². The molecular weight excluding hydrogens is 136 g/mol. The van der Waals surface area contributed by atoms with Crippen LogP contribution in [0.3, 0.4) is 0 Å². The van der Waals surface area contributed by atoms with Gasteiger partial charge in [-0.1, -0.05) is 6.92 Å². The molecule has 58 valence electrons. The number of ether oxygens (including phenoxy) is 1. The van der Waals surface area contributed by atoms with E-state index in [0.717, 1.165) is 12.3 Å². The molecule has 0 saturated carbocycles. The quantitative estimate of drug-likeness (QED) is 0.340. The summed E-state index contributed by atoms with van der Waals surface area (Å²) in [5.74, 6) is -1.09. The van der Waals surface area contributed by atoms with E-state index in [1.807, 2.05) is 0 Å². The molecule has 0 saturated heterocycles. The summed E-state index contributed by atoms with van der Waals surface area (Å²) in [6, 6.07) is 0. The van der Waals surface area contributed by atoms with Crippen molar-refractivity contribution >= 4 is 5.97 Å². The number of carbonyl (C=O) groups is 1. The van der Waals surface area contributed by atoms with Crippen molar-refractivity contribution in [3.63, 3.8) is 0 Å². The molecular formula is C6H10O4. The Balaban J connectivity index is 3.43. The summed E-state index contributed by atoms with van der Waals surface area (Å²) in [7, 11) is 0. The highest BCUT2D eigenvalue weighted by molar-refractivity contribution is 5.79. The molecule has 0 spiro atoms. The summed E-state index contributed by atoms with van der Waals surface area (Å²) in [6.07, 6.45) is 1.30. The standard InChI is InChI=1S/C6H10O4/c1-2-6(9)10-4-3-5(7)8/h3-4,6,9H,2H2,1H3,(H,7,8). The normalized spacial score (nSPS) is 13.4. The van der Waals surface area contributed by atoms with Gasteiger partial charge >= 0.3 is 5.97 Å². The molecule has 0 aliphatic heterocycles. The number of carboxylic acids is 1. The molecule has 0 bridgehead atoms. The zero-order valence-corrected chi connectivity index (χ0v) is 5.65. The second-order valence-electron chi connectivity index (χ2n) is 1.64. The van der Waals surface area contributed by atoms with E-state index in [2.05, 4.69) is 4.74 Å². The van der Waals surface area contributed by atoms with Crippen LogP contribution in [-0.2, 0) is 9.53 Å².